The summed E-state index contributed by atoms with van der Waals surface area (Å²) in [7, 11) is 0. The van der Waals surface area contributed by atoms with Crippen LogP contribution in [-0.2, 0) is 16.0 Å². The molecule has 23 heavy (non-hydrogen) atoms. The number of likely N-dealkylation sites (tertiary alicyclic amines) is 1. The van der Waals surface area contributed by atoms with Gasteiger partial charge in [0.1, 0.15) is 11.5 Å². The Morgan fingerprint density at radius 1 is 1.22 bits per heavy atom. The van der Waals surface area contributed by atoms with Crippen molar-refractivity contribution < 1.29 is 19.1 Å². The second-order valence-electron chi connectivity index (χ2n) is 6.21. The predicted molar refractivity (Wildman–Crippen MR) is 87.1 cm³/mol. The number of aliphatic carboxylic acids is 1. The fourth-order valence-corrected chi connectivity index (χ4v) is 3.16. The molecule has 1 fully saturated rings. The molecule has 1 aromatic heterocycles. The van der Waals surface area contributed by atoms with Crippen molar-refractivity contribution in [3.8, 4) is 0 Å². The first-order chi connectivity index (χ1) is 11.1. The smallest absolute Gasteiger partial charge is 0.303 e. The van der Waals surface area contributed by atoms with E-state index in [0.29, 0.717) is 19.3 Å². The van der Waals surface area contributed by atoms with Crippen LogP contribution in [0.1, 0.15) is 75.9 Å². The average Bonchev–Trinajstić information content (AvgIpc) is 2.87. The number of aryl methyl sites for hydroxylation is 1. The zero-order valence-electron chi connectivity index (χ0n) is 13.9. The Kier molecular flexibility index (Phi) is 6.68. The zero-order valence-corrected chi connectivity index (χ0v) is 13.9. The molecule has 0 saturated carbocycles. The number of furan rings is 1. The second kappa shape index (κ2) is 8.75. The highest BCUT2D eigenvalue weighted by molar-refractivity contribution is 5.76. The molecule has 1 unspecified atom stereocenters. The van der Waals surface area contributed by atoms with E-state index in [9.17, 15) is 9.59 Å². The van der Waals surface area contributed by atoms with E-state index < -0.39 is 5.97 Å². The maximum absolute atomic E-state index is 12.6. The molecule has 0 aromatic carbocycles. The van der Waals surface area contributed by atoms with E-state index in [4.69, 9.17) is 9.52 Å². The van der Waals surface area contributed by atoms with Gasteiger partial charge in [0, 0.05) is 25.8 Å². The van der Waals surface area contributed by atoms with Gasteiger partial charge in [0.2, 0.25) is 5.91 Å². The quantitative estimate of drug-likeness (QED) is 0.772. The van der Waals surface area contributed by atoms with Gasteiger partial charge < -0.3 is 14.4 Å². The molecule has 0 radical (unpaired) electrons. The number of unbranched alkanes of at least 4 members (excludes halogenated alkanes) is 1. The maximum Gasteiger partial charge on any atom is 0.303 e. The van der Waals surface area contributed by atoms with Crippen molar-refractivity contribution in [2.45, 2.75) is 70.8 Å². The summed E-state index contributed by atoms with van der Waals surface area (Å²) < 4.78 is 5.89. The number of amides is 1. The molecule has 1 aromatic rings. The van der Waals surface area contributed by atoms with Crippen LogP contribution in [0.3, 0.4) is 0 Å². The number of rotatable bonds is 7. The van der Waals surface area contributed by atoms with E-state index in [1.54, 1.807) is 0 Å². The molecule has 2 heterocycles. The highest BCUT2D eigenvalue weighted by Gasteiger charge is 2.28. The van der Waals surface area contributed by atoms with Gasteiger partial charge in [-0.25, -0.2) is 0 Å². The lowest BCUT2D eigenvalue weighted by Gasteiger charge is -2.29. The van der Waals surface area contributed by atoms with Crippen molar-refractivity contribution >= 4 is 11.9 Å². The summed E-state index contributed by atoms with van der Waals surface area (Å²) >= 11 is 0. The Morgan fingerprint density at radius 3 is 2.70 bits per heavy atom. The molecule has 0 bridgehead atoms. The summed E-state index contributed by atoms with van der Waals surface area (Å²) in [6.07, 6.45) is 6.81. The molecule has 1 amide bonds. The fourth-order valence-electron chi connectivity index (χ4n) is 3.16. The molecule has 5 heteroatoms. The van der Waals surface area contributed by atoms with Crippen molar-refractivity contribution in [3.05, 3.63) is 23.7 Å². The van der Waals surface area contributed by atoms with Crippen LogP contribution in [0.25, 0.3) is 0 Å². The molecule has 0 aliphatic carbocycles. The number of carboxylic acids is 1. The van der Waals surface area contributed by atoms with E-state index >= 15 is 0 Å². The van der Waals surface area contributed by atoms with Crippen molar-refractivity contribution in [1.82, 2.24) is 4.90 Å². The van der Waals surface area contributed by atoms with Gasteiger partial charge in [-0.3, -0.25) is 9.59 Å². The highest BCUT2D eigenvalue weighted by Crippen LogP contribution is 2.32. The minimum Gasteiger partial charge on any atom is -0.481 e. The Bertz CT molecular complexity index is 523. The summed E-state index contributed by atoms with van der Waals surface area (Å²) in [6.45, 7) is 2.83. The Labute approximate surface area is 137 Å². The monoisotopic (exact) mass is 321 g/mol. The van der Waals surface area contributed by atoms with Crippen molar-refractivity contribution in [2.75, 3.05) is 6.54 Å². The standard InChI is InChI=1S/C18H27NO4/c1-2-14-11-12-16(23-14)15-8-4-3-7-13-19(15)17(20)9-5-6-10-18(21)22/h11-12,15H,2-10,13H2,1H3,(H,21,22). The van der Waals surface area contributed by atoms with Crippen LogP contribution in [0.4, 0.5) is 0 Å². The van der Waals surface area contributed by atoms with Crippen LogP contribution < -0.4 is 0 Å². The molecule has 1 atom stereocenters. The second-order valence-corrected chi connectivity index (χ2v) is 6.21. The van der Waals surface area contributed by atoms with Crippen LogP contribution in [0.5, 0.6) is 0 Å². The van der Waals surface area contributed by atoms with E-state index in [1.165, 1.54) is 0 Å². The lowest BCUT2D eigenvalue weighted by Crippen LogP contribution is -2.34. The minimum absolute atomic E-state index is 0.0322. The molecular formula is C18H27NO4. The molecule has 2 rings (SSSR count). The first-order valence-corrected chi connectivity index (χ1v) is 8.71. The van der Waals surface area contributed by atoms with E-state index in [1.807, 2.05) is 17.0 Å². The molecular weight excluding hydrogens is 294 g/mol. The lowest BCUT2D eigenvalue weighted by atomic mass is 10.1. The van der Waals surface area contributed by atoms with Gasteiger partial charge in [0.25, 0.3) is 0 Å². The molecule has 5 nitrogen and oxygen atoms in total. The van der Waals surface area contributed by atoms with Crippen molar-refractivity contribution in [1.29, 1.82) is 0 Å². The average molecular weight is 321 g/mol. The van der Waals surface area contributed by atoms with E-state index in [-0.39, 0.29) is 18.4 Å². The summed E-state index contributed by atoms with van der Waals surface area (Å²) in [5.41, 5.74) is 0. The predicted octanol–water partition coefficient (Wildman–Crippen LogP) is 3.93. The number of carboxylic acid groups (broad SMARTS) is 1. The van der Waals surface area contributed by atoms with Gasteiger partial charge in [-0.15, -0.1) is 0 Å². The van der Waals surface area contributed by atoms with Gasteiger partial charge in [-0.05, 0) is 37.8 Å². The fraction of sp³-hybridized carbons (Fsp3) is 0.667. The molecule has 1 aliphatic heterocycles. The summed E-state index contributed by atoms with van der Waals surface area (Å²) in [5.74, 6) is 1.17. The largest absolute Gasteiger partial charge is 0.481 e. The topological polar surface area (TPSA) is 70.8 Å². The minimum atomic E-state index is -0.798. The number of hydrogen-bond donors (Lipinski definition) is 1. The molecule has 0 spiro atoms. The molecule has 1 N–H and O–H groups in total. The van der Waals surface area contributed by atoms with E-state index in [0.717, 1.165) is 50.2 Å². The zero-order chi connectivity index (χ0) is 16.7. The van der Waals surface area contributed by atoms with Gasteiger partial charge in [-0.2, -0.15) is 0 Å². The third-order valence-electron chi connectivity index (χ3n) is 4.46. The van der Waals surface area contributed by atoms with Gasteiger partial charge >= 0.3 is 5.97 Å². The Morgan fingerprint density at radius 2 is 2.00 bits per heavy atom. The maximum atomic E-state index is 12.6. The van der Waals surface area contributed by atoms with Crippen molar-refractivity contribution in [3.63, 3.8) is 0 Å². The normalized spacial score (nSPS) is 18.7. The van der Waals surface area contributed by atoms with Crippen molar-refractivity contribution in [2.24, 2.45) is 0 Å². The van der Waals surface area contributed by atoms with Gasteiger partial charge in [-0.1, -0.05) is 19.8 Å². The number of hydrogen-bond acceptors (Lipinski definition) is 3. The summed E-state index contributed by atoms with van der Waals surface area (Å²) in [6, 6.07) is 4.03. The van der Waals surface area contributed by atoms with Gasteiger partial charge in [0.15, 0.2) is 0 Å². The lowest BCUT2D eigenvalue weighted by molar-refractivity contribution is -0.138. The van der Waals surface area contributed by atoms with Crippen LogP contribution in [-0.4, -0.2) is 28.4 Å². The Balaban J connectivity index is 1.99. The third-order valence-corrected chi connectivity index (χ3v) is 4.46. The van der Waals surface area contributed by atoms with Crippen LogP contribution in [0.2, 0.25) is 0 Å². The summed E-state index contributed by atoms with van der Waals surface area (Å²) in [5, 5.41) is 8.67. The number of carbonyl (C=O) groups excluding carboxylic acids is 1. The number of carbonyl (C=O) groups is 2. The molecule has 1 aliphatic rings. The molecule has 128 valence electrons. The number of nitrogens with zero attached hydrogens (tertiary/aromatic N) is 1. The van der Waals surface area contributed by atoms with Crippen LogP contribution in [0, 0.1) is 0 Å². The highest BCUT2D eigenvalue weighted by atomic mass is 16.4. The third kappa shape index (κ3) is 5.12. The van der Waals surface area contributed by atoms with Gasteiger partial charge in [0.05, 0.1) is 6.04 Å². The first kappa shape index (κ1) is 17.6. The van der Waals surface area contributed by atoms with Crippen LogP contribution in [0.15, 0.2) is 16.5 Å². The first-order valence-electron chi connectivity index (χ1n) is 8.71. The van der Waals surface area contributed by atoms with E-state index in [2.05, 4.69) is 6.92 Å². The molecule has 1 saturated heterocycles. The van der Waals surface area contributed by atoms with Crippen LogP contribution >= 0.6 is 0 Å². The summed E-state index contributed by atoms with van der Waals surface area (Å²) in [4.78, 5) is 25.1. The Hall–Kier alpha value is -1.78. The SMILES string of the molecule is CCc1ccc(C2CCCCCN2C(=O)CCCCC(=O)O)o1.